The molecule has 0 fully saturated rings. The molecule has 0 aliphatic rings. The normalized spacial score (nSPS) is 14.4. The zero-order chi connectivity index (χ0) is 84.1. The molecule has 6 aromatic rings. The molecule has 0 heterocycles. The highest BCUT2D eigenvalue weighted by atomic mass is 32.2. The number of carbonyl (C=O) groups excluding carboxylic acids is 10. The molecule has 0 spiro atoms. The van der Waals surface area contributed by atoms with Crippen molar-refractivity contribution in [3.8, 4) is 0 Å². The number of benzene rings is 6. The molecule has 6 rings (SSSR count). The summed E-state index contributed by atoms with van der Waals surface area (Å²) in [6.07, 6.45) is 3.64. The van der Waals surface area contributed by atoms with Gasteiger partial charge in [0.15, 0.2) is 0 Å². The van der Waals surface area contributed by atoms with Crippen molar-refractivity contribution in [2.45, 2.75) is 98.9 Å². The fourth-order valence-corrected chi connectivity index (χ4v) is 24.9. The number of rotatable bonds is 51. The van der Waals surface area contributed by atoms with Gasteiger partial charge in [-0.25, -0.2) is 0 Å². The molecule has 0 aliphatic heterocycles. The second-order valence-corrected chi connectivity index (χ2v) is 57.8. The van der Waals surface area contributed by atoms with Crippen LogP contribution in [0.25, 0.3) is 0 Å². The number of hydrogen-bond acceptors (Lipinski definition) is 15. The molecule has 0 saturated heterocycles. The predicted octanol–water partition coefficient (Wildman–Crippen LogP) is 8.18. The van der Waals surface area contributed by atoms with E-state index in [0.29, 0.717) is 45.1 Å². The van der Waals surface area contributed by atoms with Crippen molar-refractivity contribution in [1.82, 2.24) is 47.9 Å². The Bertz CT molecular complexity index is 4020. The summed E-state index contributed by atoms with van der Waals surface area (Å²) in [5.41, 5.74) is 16.6. The molecule has 13 N–H and O–H groups in total. The highest BCUT2D eigenvalue weighted by Gasteiger charge is 2.38. The minimum absolute atomic E-state index is 0.00473. The molecule has 29 heteroatoms. The lowest BCUT2D eigenvalue weighted by atomic mass is 10.0. The first kappa shape index (κ1) is 96.9. The molecule has 0 saturated carbocycles. The van der Waals surface area contributed by atoms with Gasteiger partial charge >= 0.3 is 0 Å². The predicted molar refractivity (Wildman–Crippen MR) is 493 cm³/mol. The zero-order valence-corrected chi connectivity index (χ0v) is 75.8. The Balaban J connectivity index is 1.33. The van der Waals surface area contributed by atoms with Crippen LogP contribution in [-0.2, 0) is 86.5 Å². The van der Waals surface area contributed by atoms with Crippen LogP contribution >= 0.6 is 76.1 Å². The van der Waals surface area contributed by atoms with Gasteiger partial charge < -0.3 is 59.3 Å². The van der Waals surface area contributed by atoms with Crippen molar-refractivity contribution >= 4 is 135 Å². The quantitative estimate of drug-likeness (QED) is 0.0127. The van der Waals surface area contributed by atoms with Crippen molar-refractivity contribution in [3.05, 3.63) is 215 Å². The minimum atomic E-state index is -1.38. The van der Waals surface area contributed by atoms with Crippen LogP contribution in [0.2, 0.25) is 0 Å². The lowest BCUT2D eigenvalue weighted by Gasteiger charge is -2.29. The largest absolute Gasteiger partial charge is 0.368 e. The maximum atomic E-state index is 15.5. The molecule has 0 bridgehead atoms. The van der Waals surface area contributed by atoms with E-state index in [1.807, 2.05) is 121 Å². The van der Waals surface area contributed by atoms with Crippen LogP contribution in [-0.4, -0.2) is 270 Å². The Hall–Kier alpha value is -6.90. The Labute approximate surface area is 702 Å². The molecule has 115 heavy (non-hydrogen) atoms. The molecular weight excluding hydrogens is 1600 g/mol. The van der Waals surface area contributed by atoms with Gasteiger partial charge in [-0.2, -0.15) is 47.0 Å². The van der Waals surface area contributed by atoms with Gasteiger partial charge in [-0.3, -0.25) is 47.9 Å². The number of hydrogen-bond donors (Lipinski definition) is 11. The smallest absolute Gasteiger partial charge is 0.244 e. The number of carbonyl (C=O) groups is 10. The molecule has 0 unspecified atom stereocenters. The number of primary amides is 1. The van der Waals surface area contributed by atoms with Gasteiger partial charge in [0.2, 0.25) is 59.1 Å². The molecule has 6 aromatic carbocycles. The van der Waals surface area contributed by atoms with Gasteiger partial charge in [0.05, 0.1) is 30.7 Å². The van der Waals surface area contributed by atoms with E-state index >= 15 is 28.8 Å². The summed E-state index contributed by atoms with van der Waals surface area (Å²) < 4.78 is 0. The maximum absolute atomic E-state index is 15.5. The second kappa shape index (κ2) is 49.5. The lowest BCUT2D eigenvalue weighted by Crippen LogP contribution is -2.62. The molecular formula is C86H125N11O10P4S4+4. The average molecular weight is 1730 g/mol. The summed E-state index contributed by atoms with van der Waals surface area (Å²) in [5.74, 6) is -3.31. The lowest BCUT2D eigenvalue weighted by molar-refractivity contribution is -0.135. The number of nitrogens with one attached hydrogen (secondary N) is 9. The highest BCUT2D eigenvalue weighted by molar-refractivity contribution is 8.00. The van der Waals surface area contributed by atoms with Crippen LogP contribution in [0.15, 0.2) is 182 Å². The van der Waals surface area contributed by atoms with E-state index < -0.39 is 149 Å². The standard InChI is InChI=1S/C86H121N11O10P4S4/c1-108(2,3)43-47-112-57-67(87)78(99)89-68(51-61-31-19-13-20-32-61)79(100)91-72(55-65-39-27-17-28-40-65)83(104)96-75(59-114-49-45-110(7,8)9)86(107)94-70(53-63-35-23-15-24-36-63)81(102)92-73(56-66-41-29-18-30-42-66)84(105)97-76(60-115-50-46-111(10,11)12)85(106)93-69(52-62-33-21-14-22-34-62)80(101)90-71(54-64-37-25-16-26-38-64)82(103)95-74(77(88)98)58-113-48-44-109(4,5)6/h13-42,67-76H,43-60,87H2,1-12H3,(H7-4,88,89,90,91,92,93,94,95,96,97,98,99,100,101,102,103,104,105,106,107)/p+4/t67-,68-,69-,70-,71-,72-,73-,74-,75-,76-/m0/s1. The van der Waals surface area contributed by atoms with Gasteiger partial charge in [-0.1, -0.05) is 182 Å². The van der Waals surface area contributed by atoms with Crippen molar-refractivity contribution in [1.29, 1.82) is 0 Å². The highest BCUT2D eigenvalue weighted by Crippen LogP contribution is 2.48. The fourth-order valence-electron chi connectivity index (χ4n) is 11.6. The Morgan fingerprint density at radius 3 is 0.617 bits per heavy atom. The van der Waals surface area contributed by atoms with Crippen LogP contribution in [0, 0.1) is 0 Å². The van der Waals surface area contributed by atoms with Gasteiger partial charge in [0.25, 0.3) is 0 Å². The van der Waals surface area contributed by atoms with Crippen LogP contribution < -0.4 is 59.3 Å². The molecule has 0 radical (unpaired) electrons. The van der Waals surface area contributed by atoms with Crippen molar-refractivity contribution in [2.75, 3.05) is 151 Å². The molecule has 10 amide bonds. The van der Waals surface area contributed by atoms with Gasteiger partial charge in [0.1, 0.15) is 54.4 Å². The fraction of sp³-hybridized carbons (Fsp3) is 0.465. The third-order valence-electron chi connectivity index (χ3n) is 18.5. The topological polar surface area (TPSA) is 331 Å². The van der Waals surface area contributed by atoms with Crippen molar-refractivity contribution in [2.24, 2.45) is 11.5 Å². The Morgan fingerprint density at radius 1 is 0.252 bits per heavy atom. The summed E-state index contributed by atoms with van der Waals surface area (Å²) in [7, 11) is -4.81. The number of amides is 10. The van der Waals surface area contributed by atoms with E-state index in [1.54, 1.807) is 72.4 Å². The van der Waals surface area contributed by atoms with Crippen molar-refractivity contribution < 1.29 is 47.9 Å². The monoisotopic (exact) mass is 1720 g/mol. The second-order valence-electron chi connectivity index (χ2n) is 33.1. The third kappa shape index (κ3) is 39.5. The Morgan fingerprint density at radius 2 is 0.417 bits per heavy atom. The van der Waals surface area contributed by atoms with E-state index in [0.717, 1.165) is 41.7 Å². The minimum Gasteiger partial charge on any atom is -0.368 e. The van der Waals surface area contributed by atoms with E-state index in [-0.39, 0.29) is 55.8 Å². The SMILES string of the molecule is C[P+](C)(C)CCSC[C@H](NC(=O)[C@H](Cc1ccccc1)NC(=O)[C@H](Cc1ccccc1)NC(=O)[C@H](CSCC[P+](C)(C)C)NC(=O)[C@H](Cc1ccccc1)NC(=O)[C@H](Cc1ccccc1)NC(=O)[C@H](CSCC[P+](C)(C)C)NC(=O)[C@H](Cc1ccccc1)NC(=O)[C@H](Cc1ccccc1)NC(=O)[C@@H](N)CSCC[P+](C)(C)C)C(N)=O. The summed E-state index contributed by atoms with van der Waals surface area (Å²) in [5, 5.41) is 26.5. The summed E-state index contributed by atoms with van der Waals surface area (Å²) in [4.78, 5) is 149. The first-order valence-electron chi connectivity index (χ1n) is 39.0. The summed E-state index contributed by atoms with van der Waals surface area (Å²) in [6, 6.07) is 42.2. The molecule has 624 valence electrons. The summed E-state index contributed by atoms with van der Waals surface area (Å²) in [6.45, 7) is 26.7. The molecule has 0 aliphatic carbocycles. The zero-order valence-electron chi connectivity index (χ0n) is 69.0. The number of thioether (sulfide) groups is 4. The van der Waals surface area contributed by atoms with Gasteiger partial charge in [-0.05, 0) is 33.4 Å². The van der Waals surface area contributed by atoms with E-state index in [1.165, 1.54) is 35.3 Å². The van der Waals surface area contributed by atoms with Crippen LogP contribution in [0.4, 0.5) is 0 Å². The van der Waals surface area contributed by atoms with E-state index in [2.05, 4.69) is 128 Å². The van der Waals surface area contributed by atoms with Crippen LogP contribution in [0.3, 0.4) is 0 Å². The van der Waals surface area contributed by atoms with Crippen LogP contribution in [0.1, 0.15) is 33.4 Å². The molecule has 0 aromatic heterocycles. The van der Waals surface area contributed by atoms with Gasteiger partial charge in [-0.15, -0.1) is 0 Å². The summed E-state index contributed by atoms with van der Waals surface area (Å²) >= 11 is 6.02. The third-order valence-corrected chi connectivity index (χ3v) is 30.3. The average Bonchev–Trinajstić information content (AvgIpc) is 0.846. The van der Waals surface area contributed by atoms with Gasteiger partial charge in [0, 0.05) is 194 Å². The first-order valence-corrected chi connectivity index (χ1v) is 56.9. The van der Waals surface area contributed by atoms with E-state index in [4.69, 9.17) is 11.5 Å². The Kier molecular flexibility index (Phi) is 41.7. The molecule has 10 atom stereocenters. The first-order chi connectivity index (χ1) is 54.5. The molecule has 21 nitrogen and oxygen atoms in total. The maximum Gasteiger partial charge on any atom is 0.244 e. The van der Waals surface area contributed by atoms with E-state index in [9.17, 15) is 19.2 Å². The van der Waals surface area contributed by atoms with Crippen LogP contribution in [0.5, 0.6) is 0 Å². The van der Waals surface area contributed by atoms with Crippen molar-refractivity contribution in [3.63, 3.8) is 0 Å². The number of nitrogens with two attached hydrogens (primary N) is 2.